The number of methoxy groups -OCH3 is 3. The number of hydrogen-bond donors (Lipinski definition) is 1. The molecule has 0 aliphatic rings. The Hall–Kier alpha value is -2.69. The van der Waals surface area contributed by atoms with E-state index in [9.17, 15) is 0 Å². The lowest BCUT2D eigenvalue weighted by atomic mass is 10.2. The lowest BCUT2D eigenvalue weighted by molar-refractivity contribution is 0.324. The van der Waals surface area contributed by atoms with Crippen LogP contribution >= 0.6 is 34.9 Å². The Balaban J connectivity index is 1.71. The number of aryl methyl sites for hydroxylation is 1. The molecule has 0 fully saturated rings. The first-order chi connectivity index (χ1) is 16.5. The van der Waals surface area contributed by atoms with E-state index in [1.54, 1.807) is 44.9 Å². The summed E-state index contributed by atoms with van der Waals surface area (Å²) in [6.45, 7) is 4.23. The molecule has 0 atom stereocenters. The van der Waals surface area contributed by atoms with Gasteiger partial charge < -0.3 is 19.5 Å². The molecule has 34 heavy (non-hydrogen) atoms. The van der Waals surface area contributed by atoms with E-state index < -0.39 is 0 Å². The molecule has 0 unspecified atom stereocenters. The minimum absolute atomic E-state index is 0.542. The summed E-state index contributed by atoms with van der Waals surface area (Å²) in [6.07, 6.45) is 1.06. The van der Waals surface area contributed by atoms with Crippen molar-refractivity contribution in [2.75, 3.05) is 32.4 Å². The van der Waals surface area contributed by atoms with Crippen LogP contribution in [0.2, 0.25) is 0 Å². The first kappa shape index (κ1) is 24.4. The van der Waals surface area contributed by atoms with Crippen LogP contribution in [0.1, 0.15) is 18.9 Å². The van der Waals surface area contributed by atoms with E-state index in [1.165, 1.54) is 16.9 Å². The topological polar surface area (TPSA) is 78.4 Å². The molecule has 4 aromatic rings. The van der Waals surface area contributed by atoms with Crippen LogP contribution in [0.5, 0.6) is 17.2 Å². The van der Waals surface area contributed by atoms with Gasteiger partial charge in [-0.3, -0.25) is 0 Å². The molecule has 178 valence electrons. The van der Waals surface area contributed by atoms with Gasteiger partial charge in [-0.25, -0.2) is 15.0 Å². The van der Waals surface area contributed by atoms with Gasteiger partial charge in [0, 0.05) is 28.5 Å². The van der Waals surface area contributed by atoms with Gasteiger partial charge in [0.05, 0.1) is 21.3 Å². The molecule has 2 aromatic heterocycles. The van der Waals surface area contributed by atoms with Crippen molar-refractivity contribution in [1.29, 1.82) is 0 Å². The van der Waals surface area contributed by atoms with E-state index in [0.29, 0.717) is 22.4 Å². The maximum atomic E-state index is 5.47. The van der Waals surface area contributed by atoms with Gasteiger partial charge in [-0.2, -0.15) is 0 Å². The minimum Gasteiger partial charge on any atom is -0.493 e. The lowest BCUT2D eigenvalue weighted by Crippen LogP contribution is -1.97. The van der Waals surface area contributed by atoms with Gasteiger partial charge in [-0.05, 0) is 25.5 Å². The largest absolute Gasteiger partial charge is 0.493 e. The number of hydrogen-bond acceptors (Lipinski definition) is 10. The summed E-state index contributed by atoms with van der Waals surface area (Å²) >= 11 is 4.76. The predicted molar refractivity (Wildman–Crippen MR) is 141 cm³/mol. The molecule has 0 aliphatic carbocycles. The third-order valence-electron chi connectivity index (χ3n) is 4.79. The first-order valence-corrected chi connectivity index (χ1v) is 13.3. The van der Waals surface area contributed by atoms with Crippen LogP contribution in [0.15, 0.2) is 51.5 Å². The zero-order chi connectivity index (χ0) is 24.1. The number of nitrogens with zero attached hydrogens (tertiary/aromatic N) is 3. The molecule has 7 nitrogen and oxygen atoms in total. The Kier molecular flexibility index (Phi) is 8.02. The Bertz CT molecular complexity index is 1250. The van der Waals surface area contributed by atoms with E-state index >= 15 is 0 Å². The number of anilines is 2. The average molecular weight is 515 g/mol. The van der Waals surface area contributed by atoms with Gasteiger partial charge in [-0.15, -0.1) is 0 Å². The van der Waals surface area contributed by atoms with Crippen molar-refractivity contribution in [3.8, 4) is 17.2 Å². The van der Waals surface area contributed by atoms with Crippen LogP contribution in [-0.4, -0.2) is 42.0 Å². The average Bonchev–Trinajstić information content (AvgIpc) is 3.26. The van der Waals surface area contributed by atoms with Crippen molar-refractivity contribution < 1.29 is 14.2 Å². The van der Waals surface area contributed by atoms with Crippen molar-refractivity contribution >= 4 is 56.0 Å². The molecular formula is C24H26N4O3S3. The Morgan fingerprint density at radius 2 is 1.65 bits per heavy atom. The number of nitrogens with one attached hydrogen (secondary N) is 1. The Morgan fingerprint density at radius 3 is 2.26 bits per heavy atom. The van der Waals surface area contributed by atoms with Gasteiger partial charge in [0.25, 0.3) is 0 Å². The minimum atomic E-state index is 0.542. The molecule has 1 N–H and O–H groups in total. The molecule has 0 saturated carbocycles. The molecular weight excluding hydrogens is 488 g/mol. The number of thioether (sulfide) groups is 1. The molecule has 0 bridgehead atoms. The third kappa shape index (κ3) is 5.51. The number of fused-ring (bicyclic) bond motifs is 1. The van der Waals surface area contributed by atoms with E-state index in [2.05, 4.69) is 43.4 Å². The van der Waals surface area contributed by atoms with Crippen molar-refractivity contribution in [2.24, 2.45) is 0 Å². The van der Waals surface area contributed by atoms with Crippen LogP contribution in [0.4, 0.5) is 10.8 Å². The van der Waals surface area contributed by atoms with Crippen molar-refractivity contribution in [2.45, 2.75) is 35.3 Å². The summed E-state index contributed by atoms with van der Waals surface area (Å²) in [5.41, 5.74) is 2.78. The molecule has 2 aromatic carbocycles. The smallest absolute Gasteiger partial charge is 0.203 e. The SMILES string of the molecule is CCCSc1nc(Sc2ccc(C)cc2)c2nc(Nc3cc(OC)c(OC)c(OC)c3)sc2n1. The van der Waals surface area contributed by atoms with Crippen molar-refractivity contribution in [1.82, 2.24) is 15.0 Å². The van der Waals surface area contributed by atoms with Crippen LogP contribution in [0.3, 0.4) is 0 Å². The fourth-order valence-electron chi connectivity index (χ4n) is 3.16. The highest BCUT2D eigenvalue weighted by Gasteiger charge is 2.17. The predicted octanol–water partition coefficient (Wildman–Crippen LogP) is 6.82. The zero-order valence-corrected chi connectivity index (χ0v) is 22.1. The van der Waals surface area contributed by atoms with E-state index in [-0.39, 0.29) is 0 Å². The number of rotatable bonds is 10. The second kappa shape index (κ2) is 11.2. The van der Waals surface area contributed by atoms with E-state index in [0.717, 1.165) is 43.3 Å². The molecule has 0 spiro atoms. The third-order valence-corrected chi connectivity index (χ3v) is 7.70. The van der Waals surface area contributed by atoms with Crippen molar-refractivity contribution in [3.05, 3.63) is 42.0 Å². The second-order valence-corrected chi connectivity index (χ2v) is 10.4. The summed E-state index contributed by atoms with van der Waals surface area (Å²) in [5, 5.41) is 5.69. The van der Waals surface area contributed by atoms with Gasteiger partial charge >= 0.3 is 0 Å². The molecule has 2 heterocycles. The highest BCUT2D eigenvalue weighted by atomic mass is 32.2. The fraction of sp³-hybridized carbons (Fsp3) is 0.292. The van der Waals surface area contributed by atoms with Gasteiger partial charge in [0.15, 0.2) is 26.6 Å². The summed E-state index contributed by atoms with van der Waals surface area (Å²) in [4.78, 5) is 16.4. The first-order valence-electron chi connectivity index (χ1n) is 10.7. The lowest BCUT2D eigenvalue weighted by Gasteiger charge is -2.14. The summed E-state index contributed by atoms with van der Waals surface area (Å²) in [5.74, 6) is 2.65. The molecule has 0 aliphatic heterocycles. The maximum absolute atomic E-state index is 5.47. The monoisotopic (exact) mass is 514 g/mol. The molecule has 4 rings (SSSR count). The standard InChI is InChI=1S/C24H26N4O3S3/c1-6-11-32-23-27-21(33-16-9-7-14(2)8-10-16)19-22(28-23)34-24(26-19)25-15-12-17(29-3)20(31-5)18(13-15)30-4/h7-10,12-13H,6,11H2,1-5H3,(H,25,26). The Morgan fingerprint density at radius 1 is 0.941 bits per heavy atom. The second-order valence-electron chi connectivity index (χ2n) is 7.29. The summed E-state index contributed by atoms with van der Waals surface area (Å²) in [7, 11) is 4.78. The van der Waals surface area contributed by atoms with Gasteiger partial charge in [-0.1, -0.05) is 59.5 Å². The maximum Gasteiger partial charge on any atom is 0.203 e. The number of aromatic nitrogens is 3. The Labute approximate surface area is 211 Å². The molecule has 0 amide bonds. The van der Waals surface area contributed by atoms with Gasteiger partial charge in [0.2, 0.25) is 5.75 Å². The summed E-state index contributed by atoms with van der Waals surface area (Å²) in [6, 6.07) is 12.1. The zero-order valence-electron chi connectivity index (χ0n) is 19.7. The van der Waals surface area contributed by atoms with Crippen LogP contribution in [0.25, 0.3) is 10.3 Å². The van der Waals surface area contributed by atoms with E-state index in [1.807, 2.05) is 12.1 Å². The van der Waals surface area contributed by atoms with Crippen LogP contribution < -0.4 is 19.5 Å². The van der Waals surface area contributed by atoms with Gasteiger partial charge in [0.1, 0.15) is 10.5 Å². The van der Waals surface area contributed by atoms with Crippen LogP contribution in [0, 0.1) is 6.92 Å². The molecule has 10 heteroatoms. The normalized spacial score (nSPS) is 11.0. The quantitative estimate of drug-likeness (QED) is 0.139. The highest BCUT2D eigenvalue weighted by Crippen LogP contribution is 2.42. The van der Waals surface area contributed by atoms with Crippen molar-refractivity contribution in [3.63, 3.8) is 0 Å². The fourth-order valence-corrected chi connectivity index (χ4v) is 5.76. The molecule has 0 saturated heterocycles. The number of benzene rings is 2. The number of thiazole rings is 1. The summed E-state index contributed by atoms with van der Waals surface area (Å²) < 4.78 is 16.4. The highest BCUT2D eigenvalue weighted by molar-refractivity contribution is 8.00. The van der Waals surface area contributed by atoms with Crippen LogP contribution in [-0.2, 0) is 0 Å². The van der Waals surface area contributed by atoms with E-state index in [4.69, 9.17) is 29.2 Å². The molecule has 0 radical (unpaired) electrons. The number of ether oxygens (including phenoxy) is 3.